The van der Waals surface area contributed by atoms with Crippen molar-refractivity contribution in [3.63, 3.8) is 0 Å². The number of ether oxygens (including phenoxy) is 2. The van der Waals surface area contributed by atoms with Gasteiger partial charge in [-0.2, -0.15) is 9.61 Å². The van der Waals surface area contributed by atoms with Crippen LogP contribution in [0.15, 0.2) is 18.2 Å². The highest BCUT2D eigenvalue weighted by Crippen LogP contribution is 2.37. The van der Waals surface area contributed by atoms with Crippen LogP contribution in [0.4, 0.5) is 0 Å². The summed E-state index contributed by atoms with van der Waals surface area (Å²) in [5.41, 5.74) is 1.21. The molecule has 1 saturated heterocycles. The molecule has 2 aliphatic rings. The molecule has 0 N–H and O–H groups in total. The van der Waals surface area contributed by atoms with Crippen LogP contribution in [0, 0.1) is 6.92 Å². The molecule has 27 heavy (non-hydrogen) atoms. The molecule has 3 aromatic rings. The summed E-state index contributed by atoms with van der Waals surface area (Å²) in [4.78, 5) is 15.4. The predicted octanol–water partition coefficient (Wildman–Crippen LogP) is 2.17. The summed E-state index contributed by atoms with van der Waals surface area (Å²) >= 11 is 1.49. The van der Waals surface area contributed by atoms with Gasteiger partial charge in [-0.05, 0) is 31.0 Å². The molecule has 140 valence electrons. The normalized spacial score (nSPS) is 18.6. The first-order chi connectivity index (χ1) is 13.2. The molecule has 5 rings (SSSR count). The third-order valence-corrected chi connectivity index (χ3v) is 6.11. The van der Waals surface area contributed by atoms with E-state index < -0.39 is 0 Å². The van der Waals surface area contributed by atoms with E-state index in [-0.39, 0.29) is 12.7 Å². The summed E-state index contributed by atoms with van der Waals surface area (Å²) in [5.74, 6) is 2.90. The van der Waals surface area contributed by atoms with E-state index in [1.807, 2.05) is 24.0 Å². The Morgan fingerprint density at radius 1 is 1.30 bits per heavy atom. The van der Waals surface area contributed by atoms with Gasteiger partial charge in [0.2, 0.25) is 17.7 Å². The van der Waals surface area contributed by atoms with Crippen LogP contribution >= 0.6 is 11.3 Å². The van der Waals surface area contributed by atoms with Gasteiger partial charge in [0.1, 0.15) is 5.01 Å². The fourth-order valence-electron chi connectivity index (χ4n) is 3.65. The Bertz CT molecular complexity index is 1010. The first kappa shape index (κ1) is 16.5. The van der Waals surface area contributed by atoms with Crippen LogP contribution in [0.2, 0.25) is 0 Å². The van der Waals surface area contributed by atoms with E-state index >= 15 is 0 Å². The monoisotopic (exact) mass is 385 g/mol. The Balaban J connectivity index is 1.20. The SMILES string of the molecule is Cc1nnc2sc(CCC(=O)N3CCC(c4ccc5c(c4)OCO5)C3)nn12. The van der Waals surface area contributed by atoms with Gasteiger partial charge in [0.25, 0.3) is 0 Å². The van der Waals surface area contributed by atoms with Gasteiger partial charge in [-0.1, -0.05) is 17.4 Å². The molecule has 1 amide bonds. The van der Waals surface area contributed by atoms with Gasteiger partial charge in [0.05, 0.1) is 0 Å². The molecule has 4 heterocycles. The number of aromatic nitrogens is 4. The number of fused-ring (bicyclic) bond motifs is 2. The lowest BCUT2D eigenvalue weighted by molar-refractivity contribution is -0.130. The minimum atomic E-state index is 0.181. The fraction of sp³-hybridized carbons (Fsp3) is 0.444. The highest BCUT2D eigenvalue weighted by Gasteiger charge is 2.28. The second kappa shape index (κ2) is 6.49. The Labute approximate surface area is 159 Å². The van der Waals surface area contributed by atoms with Crippen LogP contribution in [-0.4, -0.2) is 50.5 Å². The summed E-state index contributed by atoms with van der Waals surface area (Å²) in [7, 11) is 0. The van der Waals surface area contributed by atoms with E-state index in [1.54, 1.807) is 4.52 Å². The molecule has 2 aliphatic heterocycles. The molecule has 0 saturated carbocycles. The van der Waals surface area contributed by atoms with Gasteiger partial charge in [-0.3, -0.25) is 4.79 Å². The summed E-state index contributed by atoms with van der Waals surface area (Å²) < 4.78 is 12.6. The van der Waals surface area contributed by atoms with Gasteiger partial charge in [0.15, 0.2) is 17.3 Å². The topological polar surface area (TPSA) is 81.9 Å². The maximum absolute atomic E-state index is 12.6. The second-order valence-electron chi connectivity index (χ2n) is 6.88. The van der Waals surface area contributed by atoms with Crippen LogP contribution in [0.5, 0.6) is 11.5 Å². The van der Waals surface area contributed by atoms with E-state index in [0.717, 1.165) is 46.8 Å². The van der Waals surface area contributed by atoms with Gasteiger partial charge < -0.3 is 14.4 Å². The first-order valence-electron chi connectivity index (χ1n) is 9.02. The van der Waals surface area contributed by atoms with Crippen LogP contribution in [0.3, 0.4) is 0 Å². The number of hydrogen-bond donors (Lipinski definition) is 0. The van der Waals surface area contributed by atoms with Crippen molar-refractivity contribution in [2.75, 3.05) is 19.9 Å². The lowest BCUT2D eigenvalue weighted by Crippen LogP contribution is -2.28. The van der Waals surface area contributed by atoms with Crippen molar-refractivity contribution in [3.05, 3.63) is 34.6 Å². The molecule has 1 fully saturated rings. The van der Waals surface area contributed by atoms with Crippen LogP contribution in [0.25, 0.3) is 4.96 Å². The number of benzene rings is 1. The smallest absolute Gasteiger partial charge is 0.234 e. The fourth-order valence-corrected chi connectivity index (χ4v) is 4.53. The van der Waals surface area contributed by atoms with Crippen molar-refractivity contribution in [1.29, 1.82) is 0 Å². The van der Waals surface area contributed by atoms with E-state index in [1.165, 1.54) is 16.9 Å². The molecular formula is C18H19N5O3S. The first-order valence-corrected chi connectivity index (χ1v) is 9.84. The average Bonchev–Trinajstić information content (AvgIpc) is 3.44. The summed E-state index contributed by atoms with van der Waals surface area (Å²) in [6, 6.07) is 6.08. The number of carbonyl (C=O) groups is 1. The summed E-state index contributed by atoms with van der Waals surface area (Å²) in [5, 5.41) is 13.4. The van der Waals surface area contributed by atoms with Gasteiger partial charge in [0, 0.05) is 31.8 Å². The third kappa shape index (κ3) is 3.01. The van der Waals surface area contributed by atoms with Gasteiger partial charge in [-0.15, -0.1) is 10.2 Å². The second-order valence-corrected chi connectivity index (χ2v) is 7.92. The molecule has 1 aromatic carbocycles. The number of nitrogens with zero attached hydrogens (tertiary/aromatic N) is 5. The molecule has 1 unspecified atom stereocenters. The highest BCUT2D eigenvalue weighted by molar-refractivity contribution is 7.16. The largest absolute Gasteiger partial charge is 0.454 e. The molecule has 0 aliphatic carbocycles. The maximum Gasteiger partial charge on any atom is 0.234 e. The zero-order chi connectivity index (χ0) is 18.4. The number of likely N-dealkylation sites (tertiary alicyclic amines) is 1. The van der Waals surface area contributed by atoms with Crippen molar-refractivity contribution in [1.82, 2.24) is 24.7 Å². The molecule has 8 nitrogen and oxygen atoms in total. The van der Waals surface area contributed by atoms with Crippen LogP contribution < -0.4 is 9.47 Å². The Kier molecular flexibility index (Phi) is 3.96. The number of amides is 1. The zero-order valence-electron chi connectivity index (χ0n) is 14.9. The standard InChI is InChI=1S/C18H19N5O3S/c1-11-19-20-18-23(11)21-16(27-18)4-5-17(24)22-7-6-13(9-22)12-2-3-14-15(8-12)26-10-25-14/h2-3,8,13H,4-7,9-10H2,1H3. The molecule has 0 bridgehead atoms. The van der Waals surface area contributed by atoms with Crippen molar-refractivity contribution >= 4 is 22.2 Å². The van der Waals surface area contributed by atoms with E-state index in [4.69, 9.17) is 9.47 Å². The number of hydrogen-bond acceptors (Lipinski definition) is 7. The number of rotatable bonds is 4. The van der Waals surface area contributed by atoms with Gasteiger partial charge >= 0.3 is 0 Å². The quantitative estimate of drug-likeness (QED) is 0.685. The minimum Gasteiger partial charge on any atom is -0.454 e. The molecule has 1 atom stereocenters. The van der Waals surface area contributed by atoms with E-state index in [0.29, 0.717) is 18.8 Å². The molecule has 2 aromatic heterocycles. The summed E-state index contributed by atoms with van der Waals surface area (Å²) in [6.45, 7) is 3.70. The Morgan fingerprint density at radius 3 is 3.07 bits per heavy atom. The van der Waals surface area contributed by atoms with Crippen molar-refractivity contribution in [2.45, 2.75) is 32.1 Å². The van der Waals surface area contributed by atoms with E-state index in [2.05, 4.69) is 21.4 Å². The molecule has 0 spiro atoms. The highest BCUT2D eigenvalue weighted by atomic mass is 32.1. The van der Waals surface area contributed by atoms with E-state index in [9.17, 15) is 4.79 Å². The molecular weight excluding hydrogens is 366 g/mol. The van der Waals surface area contributed by atoms with Crippen molar-refractivity contribution < 1.29 is 14.3 Å². The lowest BCUT2D eigenvalue weighted by Gasteiger charge is -2.16. The predicted molar refractivity (Wildman–Crippen MR) is 98.2 cm³/mol. The maximum atomic E-state index is 12.6. The Morgan fingerprint density at radius 2 is 2.19 bits per heavy atom. The Hall–Kier alpha value is -2.68. The van der Waals surface area contributed by atoms with Crippen LogP contribution in [0.1, 0.15) is 35.2 Å². The minimum absolute atomic E-state index is 0.181. The van der Waals surface area contributed by atoms with Crippen molar-refractivity contribution in [3.8, 4) is 11.5 Å². The summed E-state index contributed by atoms with van der Waals surface area (Å²) in [6.07, 6.45) is 2.08. The lowest BCUT2D eigenvalue weighted by atomic mass is 9.98. The molecule has 0 radical (unpaired) electrons. The molecule has 9 heteroatoms. The number of aryl methyl sites for hydroxylation is 2. The zero-order valence-corrected chi connectivity index (χ0v) is 15.7. The van der Waals surface area contributed by atoms with Crippen LogP contribution in [-0.2, 0) is 11.2 Å². The average molecular weight is 385 g/mol. The van der Waals surface area contributed by atoms with Crippen molar-refractivity contribution in [2.24, 2.45) is 0 Å². The third-order valence-electron chi connectivity index (χ3n) is 5.15. The van der Waals surface area contributed by atoms with Gasteiger partial charge in [-0.25, -0.2) is 0 Å². The number of carbonyl (C=O) groups excluding carboxylic acids is 1.